The monoisotopic (exact) mass is 355 g/mol. The Hall–Kier alpha value is -2.22. The van der Waals surface area contributed by atoms with Crippen LogP contribution in [0.2, 0.25) is 0 Å². The van der Waals surface area contributed by atoms with E-state index in [0.29, 0.717) is 0 Å². The standard InChI is InChI=1S/C25H30BN/c1-4-6-23(5-2)27(24-15-7-19(3)8-16-24)25-17-11-21(12-18-25)20-9-13-22(26)14-10-20/h6-9,11,13,15-17H,4-5,10,12,14,18H2,1-3H3/b23-6+. The zero-order valence-corrected chi connectivity index (χ0v) is 17.0. The lowest BCUT2D eigenvalue weighted by Gasteiger charge is -2.32. The van der Waals surface area contributed by atoms with Crippen molar-refractivity contribution < 1.29 is 0 Å². The first kappa shape index (κ1) is 19.5. The van der Waals surface area contributed by atoms with Gasteiger partial charge < -0.3 is 4.90 Å². The number of hydrogen-bond donors (Lipinski definition) is 0. The van der Waals surface area contributed by atoms with Gasteiger partial charge in [-0.2, -0.15) is 0 Å². The first-order chi connectivity index (χ1) is 13.1. The summed E-state index contributed by atoms with van der Waals surface area (Å²) < 4.78 is 0. The van der Waals surface area contributed by atoms with Gasteiger partial charge in [-0.3, -0.25) is 0 Å². The Morgan fingerprint density at radius 2 is 1.59 bits per heavy atom. The van der Waals surface area contributed by atoms with Gasteiger partial charge in [-0.25, -0.2) is 0 Å². The molecular weight excluding hydrogens is 325 g/mol. The maximum atomic E-state index is 5.91. The maximum absolute atomic E-state index is 5.91. The van der Waals surface area contributed by atoms with Crippen molar-refractivity contribution in [3.8, 4) is 0 Å². The summed E-state index contributed by atoms with van der Waals surface area (Å²) in [5.74, 6) is 0. The Balaban J connectivity index is 1.93. The minimum absolute atomic E-state index is 0.981. The summed E-state index contributed by atoms with van der Waals surface area (Å²) in [6, 6.07) is 8.89. The van der Waals surface area contributed by atoms with Crippen LogP contribution in [0.5, 0.6) is 0 Å². The lowest BCUT2D eigenvalue weighted by atomic mass is 9.82. The highest BCUT2D eigenvalue weighted by atomic mass is 15.2. The predicted octanol–water partition coefficient (Wildman–Crippen LogP) is 6.88. The van der Waals surface area contributed by atoms with Crippen LogP contribution < -0.4 is 4.90 Å². The summed E-state index contributed by atoms with van der Waals surface area (Å²) >= 11 is 0. The third-order valence-electron chi connectivity index (χ3n) is 5.39. The van der Waals surface area contributed by atoms with Crippen molar-refractivity contribution in [3.05, 3.63) is 88.2 Å². The Morgan fingerprint density at radius 3 is 2.11 bits per heavy atom. The predicted molar refractivity (Wildman–Crippen MR) is 119 cm³/mol. The molecule has 0 aliphatic heterocycles. The fourth-order valence-electron chi connectivity index (χ4n) is 3.84. The highest BCUT2D eigenvalue weighted by Gasteiger charge is 2.19. The number of aryl methyl sites for hydroxylation is 1. The molecule has 0 fully saturated rings. The fourth-order valence-corrected chi connectivity index (χ4v) is 3.84. The summed E-state index contributed by atoms with van der Waals surface area (Å²) in [7, 11) is 5.91. The van der Waals surface area contributed by atoms with E-state index in [2.05, 4.69) is 80.3 Å². The third-order valence-corrected chi connectivity index (χ3v) is 5.39. The second kappa shape index (κ2) is 9.13. The Kier molecular flexibility index (Phi) is 6.61. The van der Waals surface area contributed by atoms with E-state index in [1.165, 1.54) is 33.8 Å². The van der Waals surface area contributed by atoms with E-state index >= 15 is 0 Å². The second-order valence-electron chi connectivity index (χ2n) is 7.41. The molecule has 0 saturated carbocycles. The van der Waals surface area contributed by atoms with Crippen molar-refractivity contribution in [2.24, 2.45) is 0 Å². The lowest BCUT2D eigenvalue weighted by molar-refractivity contribution is 0.821. The molecule has 0 unspecified atom stereocenters. The van der Waals surface area contributed by atoms with Crippen LogP contribution in [0, 0.1) is 6.92 Å². The normalized spacial score (nSPS) is 17.7. The molecule has 0 amide bonds. The fraction of sp³-hybridized carbons (Fsp3) is 0.360. The van der Waals surface area contributed by atoms with Gasteiger partial charge in [0.1, 0.15) is 7.85 Å². The smallest absolute Gasteiger partial charge is 0.107 e. The van der Waals surface area contributed by atoms with E-state index in [1.807, 2.05) is 0 Å². The zero-order chi connectivity index (χ0) is 19.2. The lowest BCUT2D eigenvalue weighted by Crippen LogP contribution is -2.23. The number of anilines is 1. The summed E-state index contributed by atoms with van der Waals surface area (Å²) in [6.07, 6.45) is 17.6. The van der Waals surface area contributed by atoms with E-state index in [-0.39, 0.29) is 0 Å². The van der Waals surface area contributed by atoms with Gasteiger partial charge in [0.25, 0.3) is 0 Å². The third kappa shape index (κ3) is 4.74. The molecule has 1 aromatic rings. The van der Waals surface area contributed by atoms with E-state index in [0.717, 1.165) is 44.0 Å². The van der Waals surface area contributed by atoms with Gasteiger partial charge in [0.2, 0.25) is 0 Å². The van der Waals surface area contributed by atoms with E-state index < -0.39 is 0 Å². The molecule has 2 radical (unpaired) electrons. The summed E-state index contributed by atoms with van der Waals surface area (Å²) in [5.41, 5.74) is 9.23. The highest BCUT2D eigenvalue weighted by molar-refractivity contribution is 6.21. The van der Waals surface area contributed by atoms with Crippen LogP contribution in [0.15, 0.2) is 82.7 Å². The molecule has 0 bridgehead atoms. The molecular formula is C25H30BN. The zero-order valence-electron chi connectivity index (χ0n) is 17.0. The summed E-state index contributed by atoms with van der Waals surface area (Å²) in [4.78, 5) is 2.46. The van der Waals surface area contributed by atoms with Gasteiger partial charge in [-0.15, -0.1) is 5.47 Å². The number of nitrogens with zero attached hydrogens (tertiary/aromatic N) is 1. The minimum atomic E-state index is 0.981. The molecule has 0 N–H and O–H groups in total. The molecule has 0 heterocycles. The average molecular weight is 355 g/mol. The van der Waals surface area contributed by atoms with Crippen LogP contribution in [0.4, 0.5) is 5.69 Å². The molecule has 2 aliphatic rings. The van der Waals surface area contributed by atoms with Crippen LogP contribution in [-0.4, -0.2) is 7.85 Å². The van der Waals surface area contributed by atoms with E-state index in [9.17, 15) is 0 Å². The van der Waals surface area contributed by atoms with Crippen molar-refractivity contribution in [3.63, 3.8) is 0 Å². The van der Waals surface area contributed by atoms with Crippen molar-refractivity contribution in [2.45, 2.75) is 59.3 Å². The maximum Gasteiger partial charge on any atom is 0.107 e. The molecule has 2 heteroatoms. The van der Waals surface area contributed by atoms with Crippen LogP contribution in [0.3, 0.4) is 0 Å². The quantitative estimate of drug-likeness (QED) is 0.503. The van der Waals surface area contributed by atoms with Gasteiger partial charge >= 0.3 is 0 Å². The average Bonchev–Trinajstić information content (AvgIpc) is 2.70. The van der Waals surface area contributed by atoms with Crippen LogP contribution >= 0.6 is 0 Å². The van der Waals surface area contributed by atoms with Gasteiger partial charge in [0.15, 0.2) is 0 Å². The van der Waals surface area contributed by atoms with Crippen molar-refractivity contribution in [1.82, 2.24) is 0 Å². The molecule has 0 atom stereocenters. The van der Waals surface area contributed by atoms with Gasteiger partial charge in [-0.05, 0) is 74.8 Å². The number of hydrogen-bond acceptors (Lipinski definition) is 1. The Bertz CT molecular complexity index is 818. The molecule has 0 spiro atoms. The molecule has 2 aliphatic carbocycles. The van der Waals surface area contributed by atoms with Crippen molar-refractivity contribution in [2.75, 3.05) is 4.90 Å². The molecule has 1 nitrogen and oxygen atoms in total. The largest absolute Gasteiger partial charge is 0.318 e. The Labute approximate surface area is 166 Å². The molecule has 0 saturated heterocycles. The molecule has 0 aromatic heterocycles. The summed E-state index contributed by atoms with van der Waals surface area (Å²) in [6.45, 7) is 6.60. The Morgan fingerprint density at radius 1 is 0.926 bits per heavy atom. The van der Waals surface area contributed by atoms with Crippen LogP contribution in [0.1, 0.15) is 57.9 Å². The van der Waals surface area contributed by atoms with Gasteiger partial charge in [0.05, 0.1) is 0 Å². The van der Waals surface area contributed by atoms with E-state index in [4.69, 9.17) is 7.85 Å². The van der Waals surface area contributed by atoms with Crippen LogP contribution in [0.25, 0.3) is 0 Å². The number of rotatable bonds is 6. The molecule has 3 rings (SSSR count). The number of benzene rings is 1. The van der Waals surface area contributed by atoms with Crippen LogP contribution in [-0.2, 0) is 0 Å². The molecule has 138 valence electrons. The minimum Gasteiger partial charge on any atom is -0.318 e. The van der Waals surface area contributed by atoms with E-state index in [1.54, 1.807) is 0 Å². The van der Waals surface area contributed by atoms with Crippen molar-refractivity contribution in [1.29, 1.82) is 0 Å². The highest BCUT2D eigenvalue weighted by Crippen LogP contribution is 2.35. The first-order valence-electron chi connectivity index (χ1n) is 10.2. The van der Waals surface area contributed by atoms with Crippen molar-refractivity contribution >= 4 is 13.5 Å². The molecule has 27 heavy (non-hydrogen) atoms. The first-order valence-corrected chi connectivity index (χ1v) is 10.2. The summed E-state index contributed by atoms with van der Waals surface area (Å²) in [5, 5.41) is 0. The topological polar surface area (TPSA) is 3.24 Å². The number of allylic oxidation sites excluding steroid dienone is 10. The van der Waals surface area contributed by atoms with Gasteiger partial charge in [0, 0.05) is 17.1 Å². The second-order valence-corrected chi connectivity index (χ2v) is 7.41. The van der Waals surface area contributed by atoms with Gasteiger partial charge in [-0.1, -0.05) is 55.8 Å². The molecule has 1 aromatic carbocycles. The SMILES string of the molecule is [B]C1=CC=C(C2=CC=C(N(/C(=C/CC)CC)c3ccc(C)cc3)CC2)CC1.